The van der Waals surface area contributed by atoms with Crippen molar-refractivity contribution in [1.29, 1.82) is 0 Å². The smallest absolute Gasteiger partial charge is 0.280 e. The zero-order valence-corrected chi connectivity index (χ0v) is 9.77. The Balaban J connectivity index is 3.04. The summed E-state index contributed by atoms with van der Waals surface area (Å²) in [7, 11) is 0. The third-order valence-corrected chi connectivity index (χ3v) is 2.17. The van der Waals surface area contributed by atoms with Crippen LogP contribution in [0.15, 0.2) is 36.0 Å². The molecule has 0 aliphatic carbocycles. The Kier molecular flexibility index (Phi) is 4.39. The van der Waals surface area contributed by atoms with Gasteiger partial charge in [0.2, 0.25) is 0 Å². The number of benzene rings is 1. The van der Waals surface area contributed by atoms with Crippen LogP contribution in [0.1, 0.15) is 24.2 Å². The van der Waals surface area contributed by atoms with Crippen LogP contribution in [0.2, 0.25) is 0 Å². The molecule has 90 valence electrons. The Bertz CT molecular complexity index is 467. The number of allylic oxidation sites excluding steroid dienone is 2. The van der Waals surface area contributed by atoms with E-state index < -0.39 is 4.92 Å². The molecule has 0 radical (unpaired) electrons. The third-order valence-electron chi connectivity index (χ3n) is 2.17. The van der Waals surface area contributed by atoms with Crippen LogP contribution in [0, 0.1) is 10.1 Å². The number of ketones is 1. The summed E-state index contributed by atoms with van der Waals surface area (Å²) in [4.78, 5) is 22.0. The number of nitrogens with one attached hydrogen (secondary N) is 1. The van der Waals surface area contributed by atoms with Gasteiger partial charge in [-0.3, -0.25) is 14.9 Å². The molecule has 1 N–H and O–H groups in total. The standard InChI is InChI=1S/C12H14N2O3/c1-3-13-9(2)8-12(15)10-6-4-5-7-11(10)14(16)17/h4-8,13H,3H2,1-2H3/b9-8+. The molecule has 0 saturated heterocycles. The number of rotatable bonds is 5. The predicted octanol–water partition coefficient (Wildman–Crippen LogP) is 2.29. The zero-order chi connectivity index (χ0) is 12.8. The van der Waals surface area contributed by atoms with E-state index in [0.717, 1.165) is 0 Å². The lowest BCUT2D eigenvalue weighted by atomic mass is 10.1. The van der Waals surface area contributed by atoms with E-state index in [4.69, 9.17) is 0 Å². The molecule has 5 heteroatoms. The fourth-order valence-corrected chi connectivity index (χ4v) is 1.45. The fourth-order valence-electron chi connectivity index (χ4n) is 1.45. The number of hydrogen-bond acceptors (Lipinski definition) is 4. The van der Waals surface area contributed by atoms with Crippen LogP contribution in [-0.2, 0) is 0 Å². The Morgan fingerprint density at radius 2 is 2.12 bits per heavy atom. The number of nitro benzene ring substituents is 1. The summed E-state index contributed by atoms with van der Waals surface area (Å²) in [5.41, 5.74) is 0.628. The van der Waals surface area contributed by atoms with Crippen LogP contribution in [0.4, 0.5) is 5.69 Å². The van der Waals surface area contributed by atoms with E-state index in [1.54, 1.807) is 13.0 Å². The summed E-state index contributed by atoms with van der Waals surface area (Å²) >= 11 is 0. The fraction of sp³-hybridized carbons (Fsp3) is 0.250. The molecule has 0 atom stereocenters. The quantitative estimate of drug-likeness (QED) is 0.367. The second-order valence-electron chi connectivity index (χ2n) is 3.50. The molecule has 0 aliphatic rings. The van der Waals surface area contributed by atoms with Crippen molar-refractivity contribution in [3.8, 4) is 0 Å². The SMILES string of the molecule is CCN/C(C)=C/C(=O)c1ccccc1[N+](=O)[O-]. The second-order valence-corrected chi connectivity index (χ2v) is 3.50. The lowest BCUT2D eigenvalue weighted by molar-refractivity contribution is -0.385. The minimum Gasteiger partial charge on any atom is -0.389 e. The summed E-state index contributed by atoms with van der Waals surface area (Å²) in [6.07, 6.45) is 1.37. The molecule has 0 amide bonds. The molecule has 0 aromatic heterocycles. The molecule has 0 fully saturated rings. The highest BCUT2D eigenvalue weighted by Crippen LogP contribution is 2.18. The van der Waals surface area contributed by atoms with Crippen molar-refractivity contribution in [2.45, 2.75) is 13.8 Å². The van der Waals surface area contributed by atoms with Crippen molar-refractivity contribution in [1.82, 2.24) is 5.32 Å². The predicted molar refractivity (Wildman–Crippen MR) is 64.9 cm³/mol. The van der Waals surface area contributed by atoms with Crippen molar-refractivity contribution in [2.24, 2.45) is 0 Å². The van der Waals surface area contributed by atoms with Crippen LogP contribution in [-0.4, -0.2) is 17.3 Å². The van der Waals surface area contributed by atoms with Gasteiger partial charge in [-0.2, -0.15) is 0 Å². The lowest BCUT2D eigenvalue weighted by Crippen LogP contribution is -2.11. The molecule has 0 spiro atoms. The maximum Gasteiger partial charge on any atom is 0.280 e. The van der Waals surface area contributed by atoms with Crippen molar-refractivity contribution in [3.05, 3.63) is 51.7 Å². The monoisotopic (exact) mass is 234 g/mol. The topological polar surface area (TPSA) is 72.2 Å². The Morgan fingerprint density at radius 1 is 1.47 bits per heavy atom. The van der Waals surface area contributed by atoms with E-state index in [0.29, 0.717) is 12.2 Å². The van der Waals surface area contributed by atoms with Gasteiger partial charge in [0.25, 0.3) is 5.69 Å². The third kappa shape index (κ3) is 3.41. The largest absolute Gasteiger partial charge is 0.389 e. The average molecular weight is 234 g/mol. The summed E-state index contributed by atoms with van der Waals surface area (Å²) in [6, 6.07) is 5.92. The van der Waals surface area contributed by atoms with Gasteiger partial charge in [0.05, 0.1) is 10.5 Å². The highest BCUT2D eigenvalue weighted by atomic mass is 16.6. The van der Waals surface area contributed by atoms with Crippen LogP contribution in [0.3, 0.4) is 0 Å². The summed E-state index contributed by atoms with van der Waals surface area (Å²) in [5, 5.41) is 13.7. The van der Waals surface area contributed by atoms with E-state index in [-0.39, 0.29) is 17.0 Å². The van der Waals surface area contributed by atoms with Crippen LogP contribution in [0.25, 0.3) is 0 Å². The molecule has 0 saturated carbocycles. The number of para-hydroxylation sites is 1. The highest BCUT2D eigenvalue weighted by molar-refractivity contribution is 6.07. The molecule has 0 aliphatic heterocycles. The molecular formula is C12H14N2O3. The molecule has 1 aromatic carbocycles. The molecular weight excluding hydrogens is 220 g/mol. The molecule has 1 aromatic rings. The van der Waals surface area contributed by atoms with Crippen molar-refractivity contribution < 1.29 is 9.72 Å². The number of nitrogens with zero attached hydrogens (tertiary/aromatic N) is 1. The first kappa shape index (κ1) is 12.9. The minimum atomic E-state index is -0.552. The van der Waals surface area contributed by atoms with Gasteiger partial charge >= 0.3 is 0 Å². The van der Waals surface area contributed by atoms with E-state index in [2.05, 4.69) is 5.32 Å². The highest BCUT2D eigenvalue weighted by Gasteiger charge is 2.17. The number of carbonyl (C=O) groups excluding carboxylic acids is 1. The first-order valence-corrected chi connectivity index (χ1v) is 5.26. The first-order valence-electron chi connectivity index (χ1n) is 5.26. The van der Waals surface area contributed by atoms with Gasteiger partial charge in [-0.15, -0.1) is 0 Å². The summed E-state index contributed by atoms with van der Waals surface area (Å²) in [6.45, 7) is 4.36. The first-order chi connectivity index (χ1) is 8.06. The van der Waals surface area contributed by atoms with Crippen LogP contribution < -0.4 is 5.32 Å². The Morgan fingerprint density at radius 3 is 2.71 bits per heavy atom. The van der Waals surface area contributed by atoms with Crippen LogP contribution in [0.5, 0.6) is 0 Å². The van der Waals surface area contributed by atoms with Gasteiger partial charge in [-0.25, -0.2) is 0 Å². The summed E-state index contributed by atoms with van der Waals surface area (Å²) < 4.78 is 0. The Hall–Kier alpha value is -2.17. The van der Waals surface area contributed by atoms with Gasteiger partial charge in [-0.05, 0) is 19.9 Å². The van der Waals surface area contributed by atoms with E-state index >= 15 is 0 Å². The molecule has 5 nitrogen and oxygen atoms in total. The van der Waals surface area contributed by atoms with Gasteiger partial charge < -0.3 is 5.32 Å². The maximum atomic E-state index is 11.8. The van der Waals surface area contributed by atoms with Crippen molar-refractivity contribution in [3.63, 3.8) is 0 Å². The second kappa shape index (κ2) is 5.79. The lowest BCUT2D eigenvalue weighted by Gasteiger charge is -2.02. The molecule has 17 heavy (non-hydrogen) atoms. The minimum absolute atomic E-state index is 0.106. The normalized spacial score (nSPS) is 11.1. The average Bonchev–Trinajstić information content (AvgIpc) is 2.29. The zero-order valence-electron chi connectivity index (χ0n) is 9.77. The maximum absolute atomic E-state index is 11.8. The van der Waals surface area contributed by atoms with Gasteiger partial charge in [0.15, 0.2) is 5.78 Å². The van der Waals surface area contributed by atoms with Gasteiger partial charge in [-0.1, -0.05) is 12.1 Å². The molecule has 1 rings (SSSR count). The van der Waals surface area contributed by atoms with Crippen LogP contribution >= 0.6 is 0 Å². The van der Waals surface area contributed by atoms with Gasteiger partial charge in [0.1, 0.15) is 0 Å². The van der Waals surface area contributed by atoms with Gasteiger partial charge in [0, 0.05) is 24.4 Å². The number of nitro groups is 1. The molecule has 0 unspecified atom stereocenters. The van der Waals surface area contributed by atoms with Crippen molar-refractivity contribution >= 4 is 11.5 Å². The number of carbonyl (C=O) groups is 1. The van der Waals surface area contributed by atoms with E-state index in [9.17, 15) is 14.9 Å². The molecule has 0 heterocycles. The van der Waals surface area contributed by atoms with Crippen molar-refractivity contribution in [2.75, 3.05) is 6.54 Å². The molecule has 0 bridgehead atoms. The summed E-state index contributed by atoms with van der Waals surface area (Å²) in [5.74, 6) is -0.365. The van der Waals surface area contributed by atoms with E-state index in [1.165, 1.54) is 24.3 Å². The Labute approximate surface area is 99.3 Å². The number of hydrogen-bond donors (Lipinski definition) is 1. The van der Waals surface area contributed by atoms with E-state index in [1.807, 2.05) is 6.92 Å².